The Bertz CT molecular complexity index is 171. The number of nitrogens with one attached hydrogen (secondary N) is 2. The van der Waals surface area contributed by atoms with Gasteiger partial charge < -0.3 is 10.2 Å². The molecule has 0 aromatic heterocycles. The lowest BCUT2D eigenvalue weighted by Crippen LogP contribution is -2.26. The van der Waals surface area contributed by atoms with Crippen LogP contribution in [0.5, 0.6) is 0 Å². The minimum Gasteiger partial charge on any atom is -0.480 e. The van der Waals surface area contributed by atoms with Gasteiger partial charge in [-0.05, 0) is 37.4 Å². The topological polar surface area (TPSA) is 98.7 Å². The lowest BCUT2D eigenvalue weighted by atomic mass is 10.4. The van der Waals surface area contributed by atoms with Gasteiger partial charge in [-0.25, -0.2) is 9.67 Å². The molecule has 0 aliphatic heterocycles. The Kier molecular flexibility index (Phi) is 10.2. The van der Waals surface area contributed by atoms with E-state index in [0.29, 0.717) is 0 Å². The minimum atomic E-state index is -0.949. The molecule has 0 aromatic rings. The second-order valence-electron chi connectivity index (χ2n) is 2.34. The van der Waals surface area contributed by atoms with Crippen molar-refractivity contribution in [2.45, 2.75) is 25.9 Å². The van der Waals surface area contributed by atoms with Crippen LogP contribution in [0.15, 0.2) is 0 Å². The fourth-order valence-corrected chi connectivity index (χ4v) is 0.280. The maximum Gasteiger partial charge on any atom is 0.321 e. The van der Waals surface area contributed by atoms with Gasteiger partial charge in [-0.1, -0.05) is 0 Å². The highest BCUT2D eigenvalue weighted by molar-refractivity contribution is 6.15. The molecule has 0 heterocycles. The zero-order valence-electron chi connectivity index (χ0n) is 7.62. The lowest BCUT2D eigenvalue weighted by Gasteiger charge is -1.97. The highest BCUT2D eigenvalue weighted by Gasteiger charge is 2.06. The minimum absolute atomic E-state index is 0.665. The highest BCUT2D eigenvalue weighted by atomic mass is 35.5. The summed E-state index contributed by atoms with van der Waals surface area (Å²) in [6, 6.07) is -1.33. The first-order valence-corrected chi connectivity index (χ1v) is 4.30. The Balaban J connectivity index is 0. The molecule has 14 heavy (non-hydrogen) atoms. The first-order chi connectivity index (χ1) is 6.36. The number of carbonyl (C=O) groups is 2. The molecule has 0 spiro atoms. The molecule has 4 N–H and O–H groups in total. The first kappa shape index (κ1) is 15.9. The molecular weight excluding hydrogens is 235 g/mol. The summed E-state index contributed by atoms with van der Waals surface area (Å²) in [5.41, 5.74) is 0. The van der Waals surface area contributed by atoms with Gasteiger partial charge in [-0.2, -0.15) is 0 Å². The number of halogens is 2. The van der Waals surface area contributed by atoms with Crippen LogP contribution in [0.3, 0.4) is 0 Å². The quantitative estimate of drug-likeness (QED) is 0.537. The number of aliphatic carboxylic acids is 2. The molecule has 0 radical (unpaired) electrons. The van der Waals surface area contributed by atoms with Gasteiger partial charge in [-0.3, -0.25) is 9.59 Å². The van der Waals surface area contributed by atoms with E-state index >= 15 is 0 Å². The third kappa shape index (κ3) is 9.53. The van der Waals surface area contributed by atoms with Crippen molar-refractivity contribution in [1.29, 1.82) is 0 Å². The van der Waals surface area contributed by atoms with Crippen LogP contribution in [-0.2, 0) is 9.59 Å². The van der Waals surface area contributed by atoms with Crippen LogP contribution < -0.4 is 9.67 Å². The van der Waals surface area contributed by atoms with E-state index in [1.807, 2.05) is 9.67 Å². The van der Waals surface area contributed by atoms with E-state index in [2.05, 4.69) is 0 Å². The van der Waals surface area contributed by atoms with Crippen molar-refractivity contribution in [1.82, 2.24) is 9.67 Å². The summed E-state index contributed by atoms with van der Waals surface area (Å²) in [5.74, 6) is -1.90. The molecule has 84 valence electrons. The maximum atomic E-state index is 9.78. The van der Waals surface area contributed by atoms with Crippen LogP contribution in [0.1, 0.15) is 13.8 Å². The molecule has 0 aliphatic rings. The van der Waals surface area contributed by atoms with E-state index in [4.69, 9.17) is 33.8 Å². The van der Waals surface area contributed by atoms with Gasteiger partial charge in [-0.15, -0.1) is 0 Å². The van der Waals surface area contributed by atoms with Crippen molar-refractivity contribution in [3.8, 4) is 0 Å². The molecule has 0 amide bonds. The van der Waals surface area contributed by atoms with Crippen LogP contribution in [0.25, 0.3) is 0 Å². The van der Waals surface area contributed by atoms with Crippen molar-refractivity contribution in [2.75, 3.05) is 0 Å². The molecule has 0 bridgehead atoms. The van der Waals surface area contributed by atoms with E-state index in [1.165, 1.54) is 13.8 Å². The van der Waals surface area contributed by atoms with Crippen molar-refractivity contribution in [3.05, 3.63) is 0 Å². The van der Waals surface area contributed by atoms with E-state index < -0.39 is 24.0 Å². The molecule has 8 heteroatoms. The smallest absolute Gasteiger partial charge is 0.321 e. The van der Waals surface area contributed by atoms with Crippen LogP contribution in [-0.4, -0.2) is 34.2 Å². The molecule has 0 fully saturated rings. The van der Waals surface area contributed by atoms with E-state index in [-0.39, 0.29) is 0 Å². The van der Waals surface area contributed by atoms with Gasteiger partial charge in [0.05, 0.1) is 0 Å². The van der Waals surface area contributed by atoms with E-state index in [0.717, 1.165) is 0 Å². The average molecular weight is 247 g/mol. The highest BCUT2D eigenvalue weighted by Crippen LogP contribution is 1.80. The Hall–Kier alpha value is -0.560. The van der Waals surface area contributed by atoms with E-state index in [1.54, 1.807) is 0 Å². The fourth-order valence-electron chi connectivity index (χ4n) is 0.0933. The molecule has 0 aliphatic carbocycles. The average Bonchev–Trinajstić information content (AvgIpc) is 2.15. The fraction of sp³-hybridized carbons (Fsp3) is 0.667. The Morgan fingerprint density at radius 1 is 1.00 bits per heavy atom. The maximum absolute atomic E-state index is 9.78. The summed E-state index contributed by atoms with van der Waals surface area (Å²) in [6.45, 7) is 2.91. The van der Waals surface area contributed by atoms with Crippen LogP contribution in [0.4, 0.5) is 0 Å². The van der Waals surface area contributed by atoms with E-state index in [9.17, 15) is 9.59 Å². The summed E-state index contributed by atoms with van der Waals surface area (Å²) in [5, 5.41) is 16.1. The summed E-state index contributed by atoms with van der Waals surface area (Å²) < 4.78 is 0. The van der Waals surface area contributed by atoms with Crippen molar-refractivity contribution in [3.63, 3.8) is 0 Å². The second-order valence-corrected chi connectivity index (χ2v) is 2.77. The second kappa shape index (κ2) is 9.01. The zero-order valence-corrected chi connectivity index (χ0v) is 9.13. The molecule has 0 saturated carbocycles. The third-order valence-corrected chi connectivity index (χ3v) is 1.72. The van der Waals surface area contributed by atoms with Gasteiger partial charge in [0.1, 0.15) is 12.1 Å². The summed E-state index contributed by atoms with van der Waals surface area (Å²) in [6.07, 6.45) is 0. The van der Waals surface area contributed by atoms with Gasteiger partial charge in [0.2, 0.25) is 0 Å². The molecule has 0 unspecified atom stereocenters. The van der Waals surface area contributed by atoms with Crippen molar-refractivity contribution >= 4 is 35.5 Å². The number of carboxylic acids is 2. The summed E-state index contributed by atoms with van der Waals surface area (Å²) in [7, 11) is 0. The van der Waals surface area contributed by atoms with Crippen LogP contribution in [0.2, 0.25) is 0 Å². The number of carboxylic acid groups (broad SMARTS) is 2. The van der Waals surface area contributed by atoms with Gasteiger partial charge >= 0.3 is 11.9 Å². The number of hydrogen-bond acceptors (Lipinski definition) is 4. The number of rotatable bonds is 4. The lowest BCUT2D eigenvalue weighted by molar-refractivity contribution is -0.139. The summed E-state index contributed by atoms with van der Waals surface area (Å²) >= 11 is 9.83. The van der Waals surface area contributed by atoms with Crippen LogP contribution in [0, 0.1) is 0 Å². The predicted octanol–water partition coefficient (Wildman–Crippen LogP) is 0.406. The van der Waals surface area contributed by atoms with Crippen molar-refractivity contribution < 1.29 is 19.8 Å². The zero-order chi connectivity index (χ0) is 11.7. The van der Waals surface area contributed by atoms with Gasteiger partial charge in [0, 0.05) is 0 Å². The molecule has 0 rings (SSSR count). The summed E-state index contributed by atoms with van der Waals surface area (Å²) in [4.78, 5) is 23.6. The third-order valence-electron chi connectivity index (χ3n) is 1.07. The van der Waals surface area contributed by atoms with Crippen molar-refractivity contribution in [2.24, 2.45) is 0 Å². The Morgan fingerprint density at radius 3 is 1.21 bits per heavy atom. The molecule has 6 nitrogen and oxygen atoms in total. The SMILES string of the molecule is C[C@@H](NCl)C(=O)O.C[C@H](NCl)C(=O)O. The van der Waals surface area contributed by atoms with Gasteiger partial charge in [0.15, 0.2) is 0 Å². The number of hydrogen-bond donors (Lipinski definition) is 4. The monoisotopic (exact) mass is 246 g/mol. The first-order valence-electron chi connectivity index (χ1n) is 3.54. The molecule has 0 saturated heterocycles. The molecular formula is C6H12Cl2N2O4. The normalized spacial score (nSPS) is 13.4. The largest absolute Gasteiger partial charge is 0.480 e. The Morgan fingerprint density at radius 2 is 1.21 bits per heavy atom. The molecule has 2 atom stereocenters. The Labute approximate surface area is 91.4 Å². The van der Waals surface area contributed by atoms with Gasteiger partial charge in [0.25, 0.3) is 0 Å². The predicted molar refractivity (Wildman–Crippen MR) is 52.2 cm³/mol. The van der Waals surface area contributed by atoms with Crippen LogP contribution >= 0.6 is 23.6 Å². The standard InChI is InChI=1S/2C3H6ClNO2/c2*1-2(5-4)3(6)7/h2*2,5H,1H3,(H,6,7)/t2*2-/m10/s1. The molecule has 0 aromatic carbocycles.